The zero-order valence-electron chi connectivity index (χ0n) is 20.5. The van der Waals surface area contributed by atoms with Crippen molar-refractivity contribution in [1.82, 2.24) is 29.0 Å². The van der Waals surface area contributed by atoms with E-state index in [0.717, 1.165) is 35.8 Å². The summed E-state index contributed by atoms with van der Waals surface area (Å²) >= 11 is 3.11. The minimum Gasteiger partial charge on any atom is -0.497 e. The van der Waals surface area contributed by atoms with Gasteiger partial charge in [0.05, 0.1) is 7.11 Å². The van der Waals surface area contributed by atoms with Crippen LogP contribution in [0.25, 0.3) is 11.2 Å². The van der Waals surface area contributed by atoms with Crippen LogP contribution in [0.15, 0.2) is 63.0 Å². The predicted octanol–water partition coefficient (Wildman–Crippen LogP) is 2.38. The third kappa shape index (κ3) is 6.58. The van der Waals surface area contributed by atoms with E-state index in [2.05, 4.69) is 73.0 Å². The normalized spacial score (nSPS) is 10.8. The van der Waals surface area contributed by atoms with Crippen molar-refractivity contribution in [3.05, 3.63) is 79.8 Å². The molecule has 0 fully saturated rings. The molecular weight excluding hydrogens is 514 g/mol. The molecule has 35 heavy (non-hydrogen) atoms. The number of imidazole rings is 1. The summed E-state index contributed by atoms with van der Waals surface area (Å²) in [4.78, 5) is 38.7. The fraction of sp³-hybridized carbons (Fsp3) is 0.333. The Balaban J connectivity index is 0.000000211. The fourth-order valence-corrected chi connectivity index (χ4v) is 3.75. The highest BCUT2D eigenvalue weighted by Crippen LogP contribution is 2.17. The first-order valence-electron chi connectivity index (χ1n) is 11.0. The number of aryl methyl sites for hydroxylation is 1. The maximum Gasteiger partial charge on any atom is 0.332 e. The standard InChI is InChI=1S/C17H23N3O.C7H7BrN4O2/c1-19(2)12-13-20(17-6-4-5-11-18-17)14-15-7-9-16(21-3)10-8-15;1-11-4-3(9-6(8)10-4)5(13)12(2)7(11)14/h4-11H,12-14H2,1-3H3;1-2H3,(H,9,10). The van der Waals surface area contributed by atoms with Crippen molar-refractivity contribution in [2.75, 3.05) is 39.2 Å². The summed E-state index contributed by atoms with van der Waals surface area (Å²) in [7, 11) is 8.86. The number of methoxy groups -OCH3 is 1. The van der Waals surface area contributed by atoms with Crippen LogP contribution in [0.3, 0.4) is 0 Å². The maximum atomic E-state index is 11.6. The monoisotopic (exact) mass is 543 g/mol. The minimum absolute atomic E-state index is 0.321. The van der Waals surface area contributed by atoms with Gasteiger partial charge in [0.1, 0.15) is 11.6 Å². The number of fused-ring (bicyclic) bond motifs is 1. The lowest BCUT2D eigenvalue weighted by Crippen LogP contribution is -2.36. The van der Waals surface area contributed by atoms with Crippen LogP contribution >= 0.6 is 15.9 Å². The Morgan fingerprint density at radius 1 is 1.03 bits per heavy atom. The molecule has 0 unspecified atom stereocenters. The molecule has 3 aromatic heterocycles. The molecule has 0 amide bonds. The first kappa shape index (κ1) is 26.2. The first-order chi connectivity index (χ1) is 16.7. The van der Waals surface area contributed by atoms with Gasteiger partial charge in [-0.15, -0.1) is 0 Å². The first-order valence-corrected chi connectivity index (χ1v) is 11.8. The van der Waals surface area contributed by atoms with Gasteiger partial charge >= 0.3 is 5.69 Å². The number of likely N-dealkylation sites (N-methyl/N-ethyl adjacent to an activating group) is 1. The Hall–Kier alpha value is -3.44. The molecule has 0 atom stereocenters. The second-order valence-electron chi connectivity index (χ2n) is 8.19. The zero-order chi connectivity index (χ0) is 25.5. The van der Waals surface area contributed by atoms with Crippen LogP contribution in [-0.4, -0.2) is 63.3 Å². The van der Waals surface area contributed by atoms with E-state index in [1.807, 2.05) is 30.5 Å². The molecule has 11 heteroatoms. The lowest BCUT2D eigenvalue weighted by atomic mass is 10.2. The number of nitrogens with one attached hydrogen (secondary N) is 1. The van der Waals surface area contributed by atoms with E-state index in [-0.39, 0.29) is 11.2 Å². The van der Waals surface area contributed by atoms with Crippen LogP contribution in [0.5, 0.6) is 5.75 Å². The van der Waals surface area contributed by atoms with E-state index in [1.54, 1.807) is 14.2 Å². The van der Waals surface area contributed by atoms with Crippen molar-refractivity contribution in [3.8, 4) is 5.75 Å². The Morgan fingerprint density at radius 2 is 1.74 bits per heavy atom. The molecular formula is C24H30BrN7O3. The van der Waals surface area contributed by atoms with E-state index >= 15 is 0 Å². The molecule has 0 radical (unpaired) electrons. The molecule has 0 saturated heterocycles. The highest BCUT2D eigenvalue weighted by atomic mass is 79.9. The van der Waals surface area contributed by atoms with Gasteiger partial charge in [-0.05, 0) is 59.9 Å². The molecule has 0 bridgehead atoms. The molecule has 4 aromatic rings. The van der Waals surface area contributed by atoms with Gasteiger partial charge in [-0.3, -0.25) is 13.9 Å². The van der Waals surface area contributed by atoms with Crippen LogP contribution in [0.1, 0.15) is 5.56 Å². The molecule has 0 aliphatic carbocycles. The molecule has 0 saturated carbocycles. The number of hydrogen-bond donors (Lipinski definition) is 1. The fourth-order valence-electron chi connectivity index (χ4n) is 3.39. The summed E-state index contributed by atoms with van der Waals surface area (Å²) < 4.78 is 7.99. The van der Waals surface area contributed by atoms with Crippen molar-refractivity contribution in [1.29, 1.82) is 0 Å². The summed E-state index contributed by atoms with van der Waals surface area (Å²) in [6.45, 7) is 2.78. The third-order valence-corrected chi connectivity index (χ3v) is 5.76. The van der Waals surface area contributed by atoms with Crippen LogP contribution < -0.4 is 20.9 Å². The smallest absolute Gasteiger partial charge is 0.332 e. The van der Waals surface area contributed by atoms with Gasteiger partial charge in [0.15, 0.2) is 15.9 Å². The van der Waals surface area contributed by atoms with Gasteiger partial charge in [0.25, 0.3) is 5.56 Å². The minimum atomic E-state index is -0.387. The highest BCUT2D eigenvalue weighted by Gasteiger charge is 2.12. The van der Waals surface area contributed by atoms with Gasteiger partial charge in [-0.25, -0.2) is 14.8 Å². The van der Waals surface area contributed by atoms with Gasteiger partial charge < -0.3 is 19.5 Å². The number of rotatable bonds is 7. The number of nitrogens with zero attached hydrogens (tertiary/aromatic N) is 6. The molecule has 186 valence electrons. The van der Waals surface area contributed by atoms with Crippen LogP contribution in [0.2, 0.25) is 0 Å². The number of H-pyrrole nitrogens is 1. The Kier molecular flexibility index (Phi) is 8.83. The second kappa shape index (κ2) is 11.8. The largest absolute Gasteiger partial charge is 0.497 e. The van der Waals surface area contributed by atoms with Crippen molar-refractivity contribution in [3.63, 3.8) is 0 Å². The van der Waals surface area contributed by atoms with E-state index in [9.17, 15) is 9.59 Å². The molecule has 10 nitrogen and oxygen atoms in total. The number of aromatic amines is 1. The number of halogens is 1. The van der Waals surface area contributed by atoms with Gasteiger partial charge in [0.2, 0.25) is 0 Å². The molecule has 3 heterocycles. The average Bonchev–Trinajstić information content (AvgIpc) is 3.27. The molecule has 4 rings (SSSR count). The topological polar surface area (TPSA) is 101 Å². The summed E-state index contributed by atoms with van der Waals surface area (Å²) in [5, 5.41) is 0. The Bertz CT molecular complexity index is 1360. The van der Waals surface area contributed by atoms with Crippen molar-refractivity contribution >= 4 is 32.9 Å². The SMILES string of the molecule is COc1ccc(CN(CCN(C)C)c2ccccn2)cc1.Cn1c(=O)c2[nH]c(Br)nc2n(C)c1=O. The van der Waals surface area contributed by atoms with E-state index in [1.165, 1.54) is 17.2 Å². The number of hydrogen-bond acceptors (Lipinski definition) is 7. The lowest BCUT2D eigenvalue weighted by Gasteiger charge is -2.25. The molecule has 0 aliphatic heterocycles. The summed E-state index contributed by atoms with van der Waals surface area (Å²) in [5.41, 5.74) is 1.16. The number of pyridine rings is 1. The van der Waals surface area contributed by atoms with Crippen LogP contribution in [-0.2, 0) is 20.6 Å². The van der Waals surface area contributed by atoms with Crippen molar-refractivity contribution < 1.29 is 4.74 Å². The van der Waals surface area contributed by atoms with E-state index in [4.69, 9.17) is 4.74 Å². The van der Waals surface area contributed by atoms with Gasteiger partial charge in [-0.1, -0.05) is 18.2 Å². The Morgan fingerprint density at radius 3 is 2.34 bits per heavy atom. The van der Waals surface area contributed by atoms with Crippen LogP contribution in [0.4, 0.5) is 5.82 Å². The van der Waals surface area contributed by atoms with E-state index < -0.39 is 0 Å². The highest BCUT2D eigenvalue weighted by molar-refractivity contribution is 9.10. The lowest BCUT2D eigenvalue weighted by molar-refractivity contribution is 0.411. The molecule has 0 aliphatic rings. The number of aromatic nitrogens is 5. The molecule has 1 aromatic carbocycles. The summed E-state index contributed by atoms with van der Waals surface area (Å²) in [6, 6.07) is 14.2. The van der Waals surface area contributed by atoms with Gasteiger partial charge in [-0.2, -0.15) is 0 Å². The van der Waals surface area contributed by atoms with Crippen LogP contribution in [0, 0.1) is 0 Å². The quantitative estimate of drug-likeness (QED) is 0.357. The number of anilines is 1. The number of benzene rings is 1. The Labute approximate surface area is 211 Å². The van der Waals surface area contributed by atoms with Crippen molar-refractivity contribution in [2.45, 2.75) is 6.54 Å². The summed E-state index contributed by atoms with van der Waals surface area (Å²) in [5.74, 6) is 1.89. The average molecular weight is 544 g/mol. The maximum absolute atomic E-state index is 11.6. The molecule has 0 spiro atoms. The third-order valence-electron chi connectivity index (χ3n) is 5.39. The van der Waals surface area contributed by atoms with Crippen molar-refractivity contribution in [2.24, 2.45) is 14.1 Å². The second-order valence-corrected chi connectivity index (χ2v) is 8.94. The summed E-state index contributed by atoms with van der Waals surface area (Å²) in [6.07, 6.45) is 1.84. The number of ether oxygens (including phenoxy) is 1. The molecule has 1 N–H and O–H groups in total. The van der Waals surface area contributed by atoms with Gasteiger partial charge in [0, 0.05) is 39.9 Å². The predicted molar refractivity (Wildman–Crippen MR) is 141 cm³/mol. The zero-order valence-corrected chi connectivity index (χ0v) is 22.1. The van der Waals surface area contributed by atoms with E-state index in [0.29, 0.717) is 15.9 Å².